The summed E-state index contributed by atoms with van der Waals surface area (Å²) in [5.41, 5.74) is 0. The molecule has 2 rings (SSSR count). The molecule has 2 aliphatic heterocycles. The van der Waals surface area contributed by atoms with Crippen molar-refractivity contribution in [1.29, 1.82) is 0 Å². The van der Waals surface area contributed by atoms with E-state index in [1.54, 1.807) is 0 Å². The zero-order chi connectivity index (χ0) is 15.5. The first-order valence-electron chi connectivity index (χ1n) is 7.56. The summed E-state index contributed by atoms with van der Waals surface area (Å²) in [6.45, 7) is 3.50. The fourth-order valence-corrected chi connectivity index (χ4v) is 4.96. The molecule has 2 saturated heterocycles. The number of aliphatic carboxylic acids is 1. The van der Waals surface area contributed by atoms with Crippen LogP contribution in [-0.2, 0) is 19.7 Å². The van der Waals surface area contributed by atoms with Gasteiger partial charge in [-0.2, -0.15) is 17.0 Å². The highest BCUT2D eigenvalue weighted by atomic mass is 32.2. The summed E-state index contributed by atoms with van der Waals surface area (Å²) in [5.74, 6) is -1.77. The van der Waals surface area contributed by atoms with Crippen LogP contribution in [0.4, 0.5) is 0 Å². The molecule has 2 aliphatic rings. The van der Waals surface area contributed by atoms with Gasteiger partial charge < -0.3 is 9.84 Å². The lowest BCUT2D eigenvalue weighted by molar-refractivity contribution is -0.142. The van der Waals surface area contributed by atoms with Crippen LogP contribution in [0.5, 0.6) is 0 Å². The largest absolute Gasteiger partial charge is 0.481 e. The smallest absolute Gasteiger partial charge is 0.310 e. The second-order valence-electron chi connectivity index (χ2n) is 5.63. The maximum Gasteiger partial charge on any atom is 0.310 e. The van der Waals surface area contributed by atoms with Crippen molar-refractivity contribution in [2.24, 2.45) is 5.92 Å². The van der Waals surface area contributed by atoms with Crippen LogP contribution in [0.2, 0.25) is 0 Å². The number of piperidine rings is 1. The summed E-state index contributed by atoms with van der Waals surface area (Å²) in [5, 5.41) is 9.26. The zero-order valence-electron chi connectivity index (χ0n) is 12.4. The van der Waals surface area contributed by atoms with Gasteiger partial charge in [0.05, 0.1) is 25.2 Å². The van der Waals surface area contributed by atoms with E-state index in [9.17, 15) is 18.3 Å². The Hall–Kier alpha value is -0.700. The Morgan fingerprint density at radius 1 is 1.29 bits per heavy atom. The van der Waals surface area contributed by atoms with Crippen molar-refractivity contribution in [3.8, 4) is 0 Å². The van der Waals surface area contributed by atoms with Crippen molar-refractivity contribution in [3.63, 3.8) is 0 Å². The Bertz CT molecular complexity index is 461. The van der Waals surface area contributed by atoms with Gasteiger partial charge in [0, 0.05) is 19.6 Å². The molecule has 0 aromatic heterocycles. The topological polar surface area (TPSA) is 87.1 Å². The molecule has 21 heavy (non-hydrogen) atoms. The van der Waals surface area contributed by atoms with Crippen LogP contribution in [-0.4, -0.2) is 67.0 Å². The predicted molar refractivity (Wildman–Crippen MR) is 77.1 cm³/mol. The molecule has 2 unspecified atom stereocenters. The van der Waals surface area contributed by atoms with Gasteiger partial charge in [0.1, 0.15) is 0 Å². The van der Waals surface area contributed by atoms with E-state index in [1.807, 2.05) is 6.92 Å². The fraction of sp³-hybridized carbons (Fsp3) is 0.923. The lowest BCUT2D eigenvalue weighted by Gasteiger charge is -2.35. The molecule has 2 atom stereocenters. The molecule has 122 valence electrons. The van der Waals surface area contributed by atoms with E-state index >= 15 is 0 Å². The number of carboxylic acid groups (broad SMARTS) is 1. The Morgan fingerprint density at radius 2 is 1.95 bits per heavy atom. The molecule has 2 heterocycles. The number of hydrogen-bond donors (Lipinski definition) is 1. The number of ether oxygens (including phenoxy) is 1. The number of hydrogen-bond acceptors (Lipinski definition) is 4. The van der Waals surface area contributed by atoms with E-state index in [4.69, 9.17) is 4.74 Å². The van der Waals surface area contributed by atoms with E-state index in [2.05, 4.69) is 0 Å². The highest BCUT2D eigenvalue weighted by molar-refractivity contribution is 7.86. The summed E-state index contributed by atoms with van der Waals surface area (Å²) in [6, 6.07) is -0.602. The minimum absolute atomic E-state index is 0.0791. The first kappa shape index (κ1) is 16.7. The van der Waals surface area contributed by atoms with Crippen molar-refractivity contribution in [1.82, 2.24) is 8.61 Å². The van der Waals surface area contributed by atoms with Crippen LogP contribution in [0.25, 0.3) is 0 Å². The zero-order valence-corrected chi connectivity index (χ0v) is 13.2. The molecular formula is C13H24N2O5S. The van der Waals surface area contributed by atoms with E-state index in [1.165, 1.54) is 8.61 Å². The van der Waals surface area contributed by atoms with E-state index in [0.29, 0.717) is 26.1 Å². The average Bonchev–Trinajstić information content (AvgIpc) is 2.94. The van der Waals surface area contributed by atoms with E-state index < -0.39 is 28.1 Å². The van der Waals surface area contributed by atoms with Crippen LogP contribution in [0.15, 0.2) is 0 Å². The summed E-state index contributed by atoms with van der Waals surface area (Å²) >= 11 is 0. The van der Waals surface area contributed by atoms with Gasteiger partial charge in [-0.25, -0.2) is 0 Å². The first-order valence-corrected chi connectivity index (χ1v) is 8.95. The van der Waals surface area contributed by atoms with Gasteiger partial charge in [-0.1, -0.05) is 13.3 Å². The van der Waals surface area contributed by atoms with E-state index in [-0.39, 0.29) is 13.2 Å². The molecule has 0 aliphatic carbocycles. The van der Waals surface area contributed by atoms with Crippen molar-refractivity contribution < 1.29 is 23.1 Å². The second-order valence-corrected chi connectivity index (χ2v) is 7.51. The number of rotatable bonds is 6. The molecule has 7 nitrogen and oxygen atoms in total. The second kappa shape index (κ2) is 7.04. The molecule has 0 saturated carbocycles. The van der Waals surface area contributed by atoms with Crippen molar-refractivity contribution in [2.45, 2.75) is 38.6 Å². The highest BCUT2D eigenvalue weighted by Crippen LogP contribution is 2.26. The van der Waals surface area contributed by atoms with Crippen LogP contribution < -0.4 is 0 Å². The van der Waals surface area contributed by atoms with Gasteiger partial charge >= 0.3 is 5.97 Å². The molecule has 8 heteroatoms. The van der Waals surface area contributed by atoms with Crippen molar-refractivity contribution in [2.75, 3.05) is 32.8 Å². The Balaban J connectivity index is 2.22. The minimum atomic E-state index is -3.61. The third kappa shape index (κ3) is 3.56. The van der Waals surface area contributed by atoms with Crippen LogP contribution in [0, 0.1) is 5.92 Å². The van der Waals surface area contributed by atoms with E-state index in [0.717, 1.165) is 19.3 Å². The predicted octanol–water partition coefficient (Wildman–Crippen LogP) is 0.529. The SMILES string of the molecule is CCCN(C1COCC1C(=O)O)S(=O)(=O)N1CCCCC1. The summed E-state index contributed by atoms with van der Waals surface area (Å²) < 4.78 is 33.7. The average molecular weight is 320 g/mol. The third-order valence-corrected chi connectivity index (χ3v) is 6.18. The molecule has 0 aromatic rings. The van der Waals surface area contributed by atoms with Crippen LogP contribution in [0.3, 0.4) is 0 Å². The summed E-state index contributed by atoms with van der Waals surface area (Å²) in [7, 11) is -3.61. The molecule has 0 aromatic carbocycles. The van der Waals surface area contributed by atoms with Crippen LogP contribution >= 0.6 is 0 Å². The van der Waals surface area contributed by atoms with Gasteiger partial charge in [-0.05, 0) is 19.3 Å². The standard InChI is InChI=1S/C13H24N2O5S/c1-2-6-15(12-10-20-9-11(12)13(16)17)21(18,19)14-7-4-3-5-8-14/h11-12H,2-10H2,1H3,(H,16,17). The molecule has 2 fully saturated rings. The summed E-state index contributed by atoms with van der Waals surface area (Å²) in [4.78, 5) is 11.3. The maximum absolute atomic E-state index is 12.8. The quantitative estimate of drug-likeness (QED) is 0.771. The molecule has 0 radical (unpaired) electrons. The Kier molecular flexibility index (Phi) is 5.59. The lowest BCUT2D eigenvalue weighted by atomic mass is 10.0. The maximum atomic E-state index is 12.8. The number of carboxylic acids is 1. The number of carbonyl (C=O) groups is 1. The molecular weight excluding hydrogens is 296 g/mol. The molecule has 0 bridgehead atoms. The molecule has 0 amide bonds. The highest BCUT2D eigenvalue weighted by Gasteiger charge is 2.44. The van der Waals surface area contributed by atoms with Gasteiger partial charge in [0.15, 0.2) is 0 Å². The minimum Gasteiger partial charge on any atom is -0.481 e. The van der Waals surface area contributed by atoms with Gasteiger partial charge in [0.25, 0.3) is 10.2 Å². The van der Waals surface area contributed by atoms with Gasteiger partial charge in [-0.15, -0.1) is 0 Å². The van der Waals surface area contributed by atoms with Crippen molar-refractivity contribution in [3.05, 3.63) is 0 Å². The third-order valence-electron chi connectivity index (χ3n) is 4.12. The Morgan fingerprint density at radius 3 is 2.52 bits per heavy atom. The monoisotopic (exact) mass is 320 g/mol. The lowest BCUT2D eigenvalue weighted by Crippen LogP contribution is -2.53. The first-order chi connectivity index (χ1) is 9.98. The number of nitrogens with zero attached hydrogens (tertiary/aromatic N) is 2. The normalized spacial score (nSPS) is 28.1. The van der Waals surface area contributed by atoms with Crippen LogP contribution in [0.1, 0.15) is 32.6 Å². The van der Waals surface area contributed by atoms with Crippen molar-refractivity contribution >= 4 is 16.2 Å². The molecule has 1 N–H and O–H groups in total. The molecule has 0 spiro atoms. The van der Waals surface area contributed by atoms with Gasteiger partial charge in [0.2, 0.25) is 0 Å². The fourth-order valence-electron chi connectivity index (χ4n) is 2.98. The van der Waals surface area contributed by atoms with Gasteiger partial charge in [-0.3, -0.25) is 4.79 Å². The summed E-state index contributed by atoms with van der Waals surface area (Å²) in [6.07, 6.45) is 3.42. The Labute approximate surface area is 126 Å².